The first kappa shape index (κ1) is 11.7. The zero-order chi connectivity index (χ0) is 12.6. The number of aryl methyl sites for hydroxylation is 1. The molecule has 0 radical (unpaired) electrons. The van der Waals surface area contributed by atoms with Gasteiger partial charge in [0.05, 0.1) is 13.0 Å². The van der Waals surface area contributed by atoms with E-state index >= 15 is 0 Å². The fraction of sp³-hybridized carbons (Fsp3) is 0.533. The Morgan fingerprint density at radius 2 is 2.28 bits per heavy atom. The van der Waals surface area contributed by atoms with Crippen LogP contribution in [0.3, 0.4) is 0 Å². The van der Waals surface area contributed by atoms with Crippen molar-refractivity contribution >= 4 is 5.97 Å². The predicted molar refractivity (Wildman–Crippen MR) is 69.4 cm³/mol. The molecule has 1 N–H and O–H groups in total. The van der Waals surface area contributed by atoms with Crippen molar-refractivity contribution in [3.8, 4) is 0 Å². The molecule has 1 saturated heterocycles. The third kappa shape index (κ3) is 1.57. The van der Waals surface area contributed by atoms with Crippen LogP contribution in [0.1, 0.15) is 24.0 Å². The zero-order valence-electron chi connectivity index (χ0n) is 10.7. The van der Waals surface area contributed by atoms with E-state index in [0.717, 1.165) is 32.4 Å². The summed E-state index contributed by atoms with van der Waals surface area (Å²) in [4.78, 5) is 12.0. The van der Waals surface area contributed by atoms with Crippen molar-refractivity contribution in [2.75, 3.05) is 20.2 Å². The molecule has 1 heterocycles. The second-order valence-corrected chi connectivity index (χ2v) is 5.37. The Hall–Kier alpha value is -1.35. The molecule has 1 aromatic carbocycles. The SMILES string of the molecule is COC(=O)C1CNCC12CCCc1ccccc12. The van der Waals surface area contributed by atoms with Crippen LogP contribution in [0, 0.1) is 5.92 Å². The molecule has 2 aliphatic rings. The van der Waals surface area contributed by atoms with Gasteiger partial charge in [0.1, 0.15) is 0 Å². The molecule has 2 atom stereocenters. The Morgan fingerprint density at radius 3 is 3.11 bits per heavy atom. The number of ether oxygens (including phenoxy) is 1. The van der Waals surface area contributed by atoms with Crippen molar-refractivity contribution in [2.24, 2.45) is 5.92 Å². The maximum atomic E-state index is 12.0. The molecule has 0 aromatic heterocycles. The van der Waals surface area contributed by atoms with Gasteiger partial charge in [-0.1, -0.05) is 24.3 Å². The number of carbonyl (C=O) groups is 1. The number of hydrogen-bond donors (Lipinski definition) is 1. The average Bonchev–Trinajstić information content (AvgIpc) is 2.83. The number of fused-ring (bicyclic) bond motifs is 2. The van der Waals surface area contributed by atoms with Crippen LogP contribution in [0.25, 0.3) is 0 Å². The van der Waals surface area contributed by atoms with E-state index in [1.165, 1.54) is 18.2 Å². The van der Waals surface area contributed by atoms with Crippen molar-refractivity contribution in [3.05, 3.63) is 35.4 Å². The molecule has 1 aliphatic carbocycles. The predicted octanol–water partition coefficient (Wildman–Crippen LogP) is 1.65. The lowest BCUT2D eigenvalue weighted by atomic mass is 9.64. The highest BCUT2D eigenvalue weighted by Gasteiger charge is 2.50. The summed E-state index contributed by atoms with van der Waals surface area (Å²) in [5, 5.41) is 3.39. The number of rotatable bonds is 1. The molecule has 3 nitrogen and oxygen atoms in total. The van der Waals surface area contributed by atoms with Gasteiger partial charge >= 0.3 is 5.97 Å². The van der Waals surface area contributed by atoms with Crippen molar-refractivity contribution in [1.29, 1.82) is 0 Å². The van der Waals surface area contributed by atoms with E-state index < -0.39 is 0 Å². The normalized spacial score (nSPS) is 30.2. The number of hydrogen-bond acceptors (Lipinski definition) is 3. The lowest BCUT2D eigenvalue weighted by Crippen LogP contribution is -2.42. The first-order valence-electron chi connectivity index (χ1n) is 6.65. The van der Waals surface area contributed by atoms with Gasteiger partial charge in [-0.3, -0.25) is 4.79 Å². The number of carbonyl (C=O) groups excluding carboxylic acids is 1. The molecule has 18 heavy (non-hydrogen) atoms. The van der Waals surface area contributed by atoms with Crippen molar-refractivity contribution < 1.29 is 9.53 Å². The third-order valence-electron chi connectivity index (χ3n) is 4.56. The molecular formula is C15H19NO2. The average molecular weight is 245 g/mol. The molecular weight excluding hydrogens is 226 g/mol. The number of esters is 1. The summed E-state index contributed by atoms with van der Waals surface area (Å²) >= 11 is 0. The highest BCUT2D eigenvalue weighted by molar-refractivity contribution is 5.76. The van der Waals surface area contributed by atoms with Crippen LogP contribution < -0.4 is 5.32 Å². The minimum absolute atomic E-state index is 0.0380. The van der Waals surface area contributed by atoms with E-state index in [4.69, 9.17) is 4.74 Å². The van der Waals surface area contributed by atoms with Crippen LogP contribution in [-0.4, -0.2) is 26.2 Å². The smallest absolute Gasteiger partial charge is 0.310 e. The first-order chi connectivity index (χ1) is 8.78. The molecule has 1 spiro atoms. The van der Waals surface area contributed by atoms with Gasteiger partial charge in [0, 0.05) is 18.5 Å². The van der Waals surface area contributed by atoms with E-state index in [0.29, 0.717) is 0 Å². The van der Waals surface area contributed by atoms with E-state index in [1.54, 1.807) is 0 Å². The Kier molecular flexibility index (Phi) is 2.86. The summed E-state index contributed by atoms with van der Waals surface area (Å²) in [7, 11) is 1.49. The van der Waals surface area contributed by atoms with Gasteiger partial charge < -0.3 is 10.1 Å². The summed E-state index contributed by atoms with van der Waals surface area (Å²) in [5.74, 6) is -0.111. The van der Waals surface area contributed by atoms with Gasteiger partial charge in [0.15, 0.2) is 0 Å². The van der Waals surface area contributed by atoms with Crippen LogP contribution in [0.15, 0.2) is 24.3 Å². The van der Waals surface area contributed by atoms with Crippen LogP contribution in [0.5, 0.6) is 0 Å². The van der Waals surface area contributed by atoms with Crippen LogP contribution in [0.2, 0.25) is 0 Å². The van der Waals surface area contributed by atoms with Crippen molar-refractivity contribution in [1.82, 2.24) is 5.32 Å². The van der Waals surface area contributed by atoms with E-state index in [1.807, 2.05) is 0 Å². The fourth-order valence-corrected chi connectivity index (χ4v) is 3.71. The number of methoxy groups -OCH3 is 1. The fourth-order valence-electron chi connectivity index (χ4n) is 3.71. The Morgan fingerprint density at radius 1 is 1.44 bits per heavy atom. The van der Waals surface area contributed by atoms with E-state index in [-0.39, 0.29) is 17.3 Å². The molecule has 0 amide bonds. The minimum atomic E-state index is -0.0725. The van der Waals surface area contributed by atoms with E-state index in [9.17, 15) is 4.79 Å². The molecule has 0 bridgehead atoms. The third-order valence-corrected chi connectivity index (χ3v) is 4.56. The molecule has 1 fully saturated rings. The summed E-state index contributed by atoms with van der Waals surface area (Å²) in [5.41, 5.74) is 2.72. The summed E-state index contributed by atoms with van der Waals surface area (Å²) in [6.45, 7) is 1.63. The highest BCUT2D eigenvalue weighted by atomic mass is 16.5. The molecule has 96 valence electrons. The molecule has 0 saturated carbocycles. The Bertz CT molecular complexity index is 471. The number of benzene rings is 1. The maximum absolute atomic E-state index is 12.0. The minimum Gasteiger partial charge on any atom is -0.469 e. The molecule has 2 unspecified atom stereocenters. The maximum Gasteiger partial charge on any atom is 0.310 e. The zero-order valence-corrected chi connectivity index (χ0v) is 10.7. The number of nitrogens with one attached hydrogen (secondary N) is 1. The molecule has 1 aromatic rings. The molecule has 3 heteroatoms. The van der Waals surface area contributed by atoms with Gasteiger partial charge in [-0.25, -0.2) is 0 Å². The largest absolute Gasteiger partial charge is 0.469 e. The first-order valence-corrected chi connectivity index (χ1v) is 6.65. The monoisotopic (exact) mass is 245 g/mol. The van der Waals surface area contributed by atoms with Gasteiger partial charge in [-0.05, 0) is 30.4 Å². The lowest BCUT2D eigenvalue weighted by molar-refractivity contribution is -0.146. The van der Waals surface area contributed by atoms with Gasteiger partial charge in [0.2, 0.25) is 0 Å². The van der Waals surface area contributed by atoms with Crippen molar-refractivity contribution in [2.45, 2.75) is 24.7 Å². The summed E-state index contributed by atoms with van der Waals surface area (Å²) < 4.78 is 5.00. The standard InChI is InChI=1S/C15H19NO2/c1-18-14(17)13-9-16-10-15(13)8-4-6-11-5-2-3-7-12(11)15/h2-3,5,7,13,16H,4,6,8-10H2,1H3. The van der Waals surface area contributed by atoms with Gasteiger partial charge in [-0.2, -0.15) is 0 Å². The quantitative estimate of drug-likeness (QED) is 0.765. The van der Waals surface area contributed by atoms with Crippen LogP contribution in [0.4, 0.5) is 0 Å². The van der Waals surface area contributed by atoms with Gasteiger partial charge in [0.25, 0.3) is 0 Å². The summed E-state index contributed by atoms with van der Waals surface area (Å²) in [6, 6.07) is 8.56. The summed E-state index contributed by atoms with van der Waals surface area (Å²) in [6.07, 6.45) is 3.37. The second-order valence-electron chi connectivity index (χ2n) is 5.37. The topological polar surface area (TPSA) is 38.3 Å². The highest BCUT2D eigenvalue weighted by Crippen LogP contribution is 2.45. The Balaban J connectivity index is 2.07. The van der Waals surface area contributed by atoms with Gasteiger partial charge in [-0.15, -0.1) is 0 Å². The van der Waals surface area contributed by atoms with Crippen LogP contribution >= 0.6 is 0 Å². The molecule has 3 rings (SSSR count). The lowest BCUT2D eigenvalue weighted by Gasteiger charge is -2.38. The molecule has 1 aliphatic heterocycles. The van der Waals surface area contributed by atoms with Crippen molar-refractivity contribution in [3.63, 3.8) is 0 Å². The van der Waals surface area contributed by atoms with Crippen LogP contribution in [-0.2, 0) is 21.4 Å². The van der Waals surface area contributed by atoms with E-state index in [2.05, 4.69) is 29.6 Å². The second kappa shape index (κ2) is 4.39. The Labute approximate surface area is 108 Å².